The van der Waals surface area contributed by atoms with Crippen molar-refractivity contribution in [1.82, 2.24) is 15.5 Å². The number of guanidine groups is 1. The van der Waals surface area contributed by atoms with Crippen LogP contribution in [0.2, 0.25) is 0 Å². The molecule has 0 radical (unpaired) electrons. The summed E-state index contributed by atoms with van der Waals surface area (Å²) in [5.41, 5.74) is 1.16. The molecule has 1 atom stereocenters. The maximum absolute atomic E-state index is 5.42. The second kappa shape index (κ2) is 14.0. The fourth-order valence-electron chi connectivity index (χ4n) is 4.56. The summed E-state index contributed by atoms with van der Waals surface area (Å²) in [6, 6.07) is 6.52. The quantitative estimate of drug-likeness (QED) is 0.289. The van der Waals surface area contributed by atoms with E-state index < -0.39 is 0 Å². The number of methoxy groups -OCH3 is 2. The van der Waals surface area contributed by atoms with Crippen molar-refractivity contribution in [3.63, 3.8) is 0 Å². The molecule has 3 rings (SSSR count). The van der Waals surface area contributed by atoms with Gasteiger partial charge in [0, 0.05) is 63.2 Å². The van der Waals surface area contributed by atoms with E-state index in [4.69, 9.17) is 9.47 Å². The van der Waals surface area contributed by atoms with Crippen LogP contribution >= 0.6 is 24.0 Å². The van der Waals surface area contributed by atoms with Crippen molar-refractivity contribution in [1.29, 1.82) is 0 Å². The van der Waals surface area contributed by atoms with Gasteiger partial charge in [0.1, 0.15) is 11.5 Å². The van der Waals surface area contributed by atoms with Crippen molar-refractivity contribution >= 4 is 35.6 Å². The van der Waals surface area contributed by atoms with Gasteiger partial charge in [-0.1, -0.05) is 13.3 Å². The first-order valence-electron chi connectivity index (χ1n) is 11.8. The minimum Gasteiger partial charge on any atom is -0.497 e. The second-order valence-corrected chi connectivity index (χ2v) is 8.90. The monoisotopic (exact) mass is 559 g/mol. The van der Waals surface area contributed by atoms with Gasteiger partial charge in [0.25, 0.3) is 0 Å². The van der Waals surface area contributed by atoms with Crippen LogP contribution in [0.5, 0.6) is 11.5 Å². The Morgan fingerprint density at radius 2 is 1.66 bits per heavy atom. The number of anilines is 1. The van der Waals surface area contributed by atoms with Gasteiger partial charge in [-0.05, 0) is 44.7 Å². The van der Waals surface area contributed by atoms with Crippen LogP contribution in [0, 0.1) is 5.92 Å². The zero-order valence-corrected chi connectivity index (χ0v) is 22.6. The lowest BCUT2D eigenvalue weighted by molar-refractivity contribution is 0.201. The van der Waals surface area contributed by atoms with E-state index in [0.29, 0.717) is 12.0 Å². The normalized spacial score (nSPS) is 19.1. The van der Waals surface area contributed by atoms with Crippen LogP contribution in [0.4, 0.5) is 5.69 Å². The number of piperidine rings is 2. The van der Waals surface area contributed by atoms with Gasteiger partial charge in [-0.25, -0.2) is 0 Å². The van der Waals surface area contributed by atoms with Crippen LogP contribution in [0.25, 0.3) is 0 Å². The Hall–Kier alpha value is -1.42. The fourth-order valence-corrected chi connectivity index (χ4v) is 4.56. The van der Waals surface area contributed by atoms with Gasteiger partial charge in [-0.15, -0.1) is 24.0 Å². The van der Waals surface area contributed by atoms with E-state index in [1.54, 1.807) is 14.2 Å². The standard InChI is InChI=1S/C24H41N5O2.HI/c1-19(18-28-10-6-5-7-11-28)17-26-24(25-2)27-20-8-12-29(13-9-20)21-14-22(30-3)16-23(15-21)31-4;/h14-16,19-20H,5-13,17-18H2,1-4H3,(H2,25,26,27);1H. The molecule has 2 fully saturated rings. The number of hydrogen-bond donors (Lipinski definition) is 2. The van der Waals surface area contributed by atoms with Gasteiger partial charge in [-0.2, -0.15) is 0 Å². The second-order valence-electron chi connectivity index (χ2n) is 8.90. The zero-order chi connectivity index (χ0) is 22.1. The number of rotatable bonds is 8. The molecule has 2 heterocycles. The van der Waals surface area contributed by atoms with E-state index in [2.05, 4.69) is 44.5 Å². The summed E-state index contributed by atoms with van der Waals surface area (Å²) in [5.74, 6) is 3.20. The number of nitrogens with zero attached hydrogens (tertiary/aromatic N) is 3. The van der Waals surface area contributed by atoms with Crippen LogP contribution in [0.15, 0.2) is 23.2 Å². The molecule has 8 heteroatoms. The summed E-state index contributed by atoms with van der Waals surface area (Å²) in [4.78, 5) is 9.47. The maximum Gasteiger partial charge on any atom is 0.191 e. The third-order valence-corrected chi connectivity index (χ3v) is 6.40. The number of halogens is 1. The van der Waals surface area contributed by atoms with Crippen molar-refractivity contribution in [3.8, 4) is 11.5 Å². The summed E-state index contributed by atoms with van der Waals surface area (Å²) in [6.07, 6.45) is 6.24. The molecule has 0 aliphatic carbocycles. The van der Waals surface area contributed by atoms with Gasteiger partial charge >= 0.3 is 0 Å². The first-order valence-corrected chi connectivity index (χ1v) is 11.8. The molecule has 7 nitrogen and oxygen atoms in total. The smallest absolute Gasteiger partial charge is 0.191 e. The SMILES string of the molecule is CN=C(NCC(C)CN1CCCCC1)NC1CCN(c2cc(OC)cc(OC)c2)CC1.I. The molecular weight excluding hydrogens is 517 g/mol. The highest BCUT2D eigenvalue weighted by Gasteiger charge is 2.21. The third-order valence-electron chi connectivity index (χ3n) is 6.40. The summed E-state index contributed by atoms with van der Waals surface area (Å²) >= 11 is 0. The van der Waals surface area contributed by atoms with Crippen molar-refractivity contribution in [3.05, 3.63) is 18.2 Å². The van der Waals surface area contributed by atoms with Gasteiger partial charge < -0.3 is 29.9 Å². The molecule has 2 saturated heterocycles. The molecular formula is C24H42IN5O2. The van der Waals surface area contributed by atoms with E-state index in [1.807, 2.05) is 13.1 Å². The molecule has 0 amide bonds. The molecule has 182 valence electrons. The molecule has 1 aromatic rings. The van der Waals surface area contributed by atoms with E-state index in [-0.39, 0.29) is 24.0 Å². The number of hydrogen-bond acceptors (Lipinski definition) is 5. The first-order chi connectivity index (χ1) is 15.1. The number of ether oxygens (including phenoxy) is 2. The Morgan fingerprint density at radius 1 is 1.03 bits per heavy atom. The van der Waals surface area contributed by atoms with Crippen LogP contribution in [0.3, 0.4) is 0 Å². The van der Waals surface area contributed by atoms with Gasteiger partial charge in [0.2, 0.25) is 0 Å². The van der Waals surface area contributed by atoms with Gasteiger partial charge in [0.15, 0.2) is 5.96 Å². The van der Waals surface area contributed by atoms with Crippen molar-refractivity contribution in [2.24, 2.45) is 10.9 Å². The summed E-state index contributed by atoms with van der Waals surface area (Å²) < 4.78 is 10.8. The lowest BCUT2D eigenvalue weighted by atomic mass is 10.0. The third kappa shape index (κ3) is 8.17. The number of nitrogens with one attached hydrogen (secondary N) is 2. The Balaban J connectivity index is 0.00000363. The van der Waals surface area contributed by atoms with Crippen LogP contribution in [0.1, 0.15) is 39.0 Å². The predicted octanol–water partition coefficient (Wildman–Crippen LogP) is 3.58. The average molecular weight is 560 g/mol. The fraction of sp³-hybridized carbons (Fsp3) is 0.708. The molecule has 2 N–H and O–H groups in total. The largest absolute Gasteiger partial charge is 0.497 e. The summed E-state index contributed by atoms with van der Waals surface area (Å²) in [5, 5.41) is 7.18. The molecule has 0 spiro atoms. The molecule has 0 bridgehead atoms. The Bertz CT molecular complexity index is 681. The molecule has 1 unspecified atom stereocenters. The van der Waals surface area contributed by atoms with E-state index in [0.717, 1.165) is 55.6 Å². The van der Waals surface area contributed by atoms with Crippen LogP contribution < -0.4 is 25.0 Å². The van der Waals surface area contributed by atoms with E-state index in [9.17, 15) is 0 Å². The van der Waals surface area contributed by atoms with Crippen LogP contribution in [-0.4, -0.2) is 77.4 Å². The predicted molar refractivity (Wildman–Crippen MR) is 144 cm³/mol. The summed E-state index contributed by atoms with van der Waals surface area (Å²) in [7, 11) is 5.25. The molecule has 2 aliphatic rings. The highest BCUT2D eigenvalue weighted by atomic mass is 127. The maximum atomic E-state index is 5.42. The molecule has 32 heavy (non-hydrogen) atoms. The van der Waals surface area contributed by atoms with Crippen molar-refractivity contribution < 1.29 is 9.47 Å². The Kier molecular flexibility index (Phi) is 11.7. The zero-order valence-electron chi connectivity index (χ0n) is 20.2. The number of aliphatic imine (C=N–C) groups is 1. The molecule has 1 aromatic carbocycles. The highest BCUT2D eigenvalue weighted by molar-refractivity contribution is 14.0. The van der Waals surface area contributed by atoms with Crippen LogP contribution in [-0.2, 0) is 0 Å². The lowest BCUT2D eigenvalue weighted by Gasteiger charge is -2.35. The number of likely N-dealkylation sites (tertiary alicyclic amines) is 1. The van der Waals surface area contributed by atoms with Gasteiger partial charge in [0.05, 0.1) is 14.2 Å². The topological polar surface area (TPSA) is 61.4 Å². The summed E-state index contributed by atoms with van der Waals surface area (Å²) in [6.45, 7) is 8.97. The average Bonchev–Trinajstić information content (AvgIpc) is 2.82. The Labute approximate surface area is 211 Å². The van der Waals surface area contributed by atoms with Crippen molar-refractivity contribution in [2.45, 2.75) is 45.1 Å². The highest BCUT2D eigenvalue weighted by Crippen LogP contribution is 2.30. The van der Waals surface area contributed by atoms with Crippen molar-refractivity contribution in [2.75, 3.05) is 65.4 Å². The minimum absolute atomic E-state index is 0. The van der Waals surface area contributed by atoms with E-state index in [1.165, 1.54) is 38.9 Å². The molecule has 0 saturated carbocycles. The van der Waals surface area contributed by atoms with E-state index >= 15 is 0 Å². The lowest BCUT2D eigenvalue weighted by Crippen LogP contribution is -2.50. The van der Waals surface area contributed by atoms with Gasteiger partial charge in [-0.3, -0.25) is 4.99 Å². The molecule has 2 aliphatic heterocycles. The molecule has 0 aromatic heterocycles. The minimum atomic E-state index is 0. The Morgan fingerprint density at radius 3 is 2.22 bits per heavy atom. The number of benzene rings is 1. The first kappa shape index (κ1) is 26.8.